The third-order valence-corrected chi connectivity index (χ3v) is 6.93. The monoisotopic (exact) mass is 413 g/mol. The van der Waals surface area contributed by atoms with Gasteiger partial charge in [0.2, 0.25) is 11.8 Å². The second-order valence-corrected chi connectivity index (χ2v) is 9.24. The van der Waals surface area contributed by atoms with Crippen molar-refractivity contribution in [1.82, 2.24) is 10.2 Å². The molecule has 0 bridgehead atoms. The number of rotatable bonds is 6. The van der Waals surface area contributed by atoms with E-state index in [4.69, 9.17) is 7.85 Å². The van der Waals surface area contributed by atoms with Crippen LogP contribution in [0.15, 0.2) is 48.5 Å². The molecule has 5 nitrogen and oxygen atoms in total. The second kappa shape index (κ2) is 8.50. The van der Waals surface area contributed by atoms with Crippen LogP contribution in [0.3, 0.4) is 0 Å². The minimum Gasteiger partial charge on any atom is -0.339 e. The zero-order valence-electron chi connectivity index (χ0n) is 17.7. The number of carbonyl (C=O) groups is 2. The van der Waals surface area contributed by atoms with E-state index in [-0.39, 0.29) is 24.2 Å². The third kappa shape index (κ3) is 4.40. The first-order valence-electron chi connectivity index (χ1n) is 11.3. The van der Waals surface area contributed by atoms with Crippen molar-refractivity contribution in [2.45, 2.75) is 37.6 Å². The Bertz CT molecular complexity index is 990. The summed E-state index contributed by atoms with van der Waals surface area (Å²) in [5.41, 5.74) is 3.76. The van der Waals surface area contributed by atoms with Crippen molar-refractivity contribution in [2.24, 2.45) is 11.8 Å². The normalized spacial score (nSPS) is 25.0. The molecule has 1 saturated heterocycles. The van der Waals surface area contributed by atoms with Gasteiger partial charge in [0.15, 0.2) is 0 Å². The number of nitrogens with one attached hydrogen (secondary N) is 2. The SMILES string of the molecule is [B]c1cccc(C[C@@H]2CNC[C@H]2CN(C(=O)C2CC(=O)Nc3ccccc32)C2CC2)c1. The fraction of sp³-hybridized carbons (Fsp3) is 0.440. The first-order chi connectivity index (χ1) is 15.1. The van der Waals surface area contributed by atoms with Gasteiger partial charge in [-0.15, -0.1) is 0 Å². The largest absolute Gasteiger partial charge is 0.339 e. The Morgan fingerprint density at radius 3 is 2.68 bits per heavy atom. The van der Waals surface area contributed by atoms with Gasteiger partial charge in [-0.1, -0.05) is 47.9 Å². The molecule has 1 saturated carbocycles. The molecule has 2 amide bonds. The first kappa shape index (κ1) is 20.3. The van der Waals surface area contributed by atoms with E-state index in [0.29, 0.717) is 17.9 Å². The molecule has 2 fully saturated rings. The smallest absolute Gasteiger partial charge is 0.230 e. The Kier molecular flexibility index (Phi) is 5.57. The average molecular weight is 413 g/mol. The number of fused-ring (bicyclic) bond motifs is 1. The Balaban J connectivity index is 1.33. The summed E-state index contributed by atoms with van der Waals surface area (Å²) in [6.45, 7) is 2.63. The lowest BCUT2D eigenvalue weighted by Crippen LogP contribution is -2.43. The molecular weight excluding hydrogens is 385 g/mol. The summed E-state index contributed by atoms with van der Waals surface area (Å²) >= 11 is 0. The molecule has 3 aliphatic rings. The highest BCUT2D eigenvalue weighted by Crippen LogP contribution is 2.38. The zero-order chi connectivity index (χ0) is 21.4. The molecular formula is C25H28BN3O2. The molecule has 1 unspecified atom stereocenters. The van der Waals surface area contributed by atoms with Crippen molar-refractivity contribution in [3.8, 4) is 0 Å². The summed E-state index contributed by atoms with van der Waals surface area (Å²) in [5, 5.41) is 6.44. The van der Waals surface area contributed by atoms with Gasteiger partial charge in [0.25, 0.3) is 0 Å². The van der Waals surface area contributed by atoms with Crippen molar-refractivity contribution in [1.29, 1.82) is 0 Å². The molecule has 2 aliphatic heterocycles. The van der Waals surface area contributed by atoms with Crippen molar-refractivity contribution < 1.29 is 9.59 Å². The summed E-state index contributed by atoms with van der Waals surface area (Å²) in [6.07, 6.45) is 3.32. The molecule has 2 aromatic carbocycles. The number of carbonyl (C=O) groups excluding carboxylic acids is 2. The van der Waals surface area contributed by atoms with Crippen LogP contribution in [0.4, 0.5) is 5.69 Å². The summed E-state index contributed by atoms with van der Waals surface area (Å²) in [5.74, 6) is 0.526. The van der Waals surface area contributed by atoms with E-state index in [9.17, 15) is 9.59 Å². The van der Waals surface area contributed by atoms with Gasteiger partial charge in [0, 0.05) is 24.7 Å². The maximum atomic E-state index is 13.7. The topological polar surface area (TPSA) is 61.4 Å². The lowest BCUT2D eigenvalue weighted by atomic mass is 9.85. The van der Waals surface area contributed by atoms with E-state index in [0.717, 1.165) is 55.6 Å². The van der Waals surface area contributed by atoms with Gasteiger partial charge < -0.3 is 15.5 Å². The van der Waals surface area contributed by atoms with E-state index in [1.54, 1.807) is 0 Å². The summed E-state index contributed by atoms with van der Waals surface area (Å²) in [6, 6.07) is 16.1. The van der Waals surface area contributed by atoms with Crippen LogP contribution in [0.5, 0.6) is 0 Å². The van der Waals surface area contributed by atoms with Crippen LogP contribution in [-0.2, 0) is 16.0 Å². The van der Waals surface area contributed by atoms with E-state index < -0.39 is 0 Å². The van der Waals surface area contributed by atoms with Crippen molar-refractivity contribution in [2.75, 3.05) is 25.0 Å². The van der Waals surface area contributed by atoms with Gasteiger partial charge in [-0.05, 0) is 61.4 Å². The molecule has 2 radical (unpaired) electrons. The van der Waals surface area contributed by atoms with Gasteiger partial charge in [-0.25, -0.2) is 0 Å². The first-order valence-corrected chi connectivity index (χ1v) is 11.3. The van der Waals surface area contributed by atoms with Crippen molar-refractivity contribution in [3.63, 3.8) is 0 Å². The molecule has 158 valence electrons. The van der Waals surface area contributed by atoms with Crippen molar-refractivity contribution >= 4 is 30.8 Å². The zero-order valence-corrected chi connectivity index (χ0v) is 17.7. The predicted molar refractivity (Wildman–Crippen MR) is 123 cm³/mol. The molecule has 2 heterocycles. The Morgan fingerprint density at radius 2 is 1.87 bits per heavy atom. The van der Waals surface area contributed by atoms with Gasteiger partial charge >= 0.3 is 0 Å². The van der Waals surface area contributed by atoms with E-state index in [1.807, 2.05) is 36.4 Å². The maximum Gasteiger partial charge on any atom is 0.230 e. The summed E-state index contributed by atoms with van der Waals surface area (Å²) in [4.78, 5) is 28.1. The Morgan fingerprint density at radius 1 is 1.06 bits per heavy atom. The van der Waals surface area contributed by atoms with Gasteiger partial charge in [-0.2, -0.15) is 0 Å². The highest BCUT2D eigenvalue weighted by atomic mass is 16.2. The van der Waals surface area contributed by atoms with E-state index in [2.05, 4.69) is 27.7 Å². The number of hydrogen-bond donors (Lipinski definition) is 2. The minimum atomic E-state index is -0.382. The lowest BCUT2D eigenvalue weighted by Gasteiger charge is -2.33. The number of nitrogens with zero attached hydrogens (tertiary/aromatic N) is 1. The molecule has 0 spiro atoms. The molecule has 2 aromatic rings. The van der Waals surface area contributed by atoms with Crippen LogP contribution in [-0.4, -0.2) is 50.2 Å². The number of benzene rings is 2. The third-order valence-electron chi connectivity index (χ3n) is 6.93. The molecule has 31 heavy (non-hydrogen) atoms. The van der Waals surface area contributed by atoms with Gasteiger partial charge in [0.05, 0.1) is 5.92 Å². The van der Waals surface area contributed by atoms with Crippen LogP contribution < -0.4 is 16.1 Å². The minimum absolute atomic E-state index is 0.0742. The quantitative estimate of drug-likeness (QED) is 0.713. The van der Waals surface area contributed by atoms with E-state index in [1.165, 1.54) is 5.56 Å². The molecule has 6 heteroatoms. The maximum absolute atomic E-state index is 13.7. The number of amides is 2. The highest BCUT2D eigenvalue weighted by Gasteiger charge is 2.41. The molecule has 1 aliphatic carbocycles. The van der Waals surface area contributed by atoms with Crippen LogP contribution in [0.2, 0.25) is 0 Å². The predicted octanol–water partition coefficient (Wildman–Crippen LogP) is 1.98. The van der Waals surface area contributed by atoms with Crippen molar-refractivity contribution in [3.05, 3.63) is 59.7 Å². The van der Waals surface area contributed by atoms with E-state index >= 15 is 0 Å². The number of hydrogen-bond acceptors (Lipinski definition) is 3. The fourth-order valence-electron chi connectivity index (χ4n) is 5.15. The van der Waals surface area contributed by atoms with Crippen LogP contribution in [0, 0.1) is 11.8 Å². The molecule has 2 N–H and O–H groups in total. The molecule has 5 rings (SSSR count). The molecule has 3 atom stereocenters. The summed E-state index contributed by atoms with van der Waals surface area (Å²) in [7, 11) is 5.97. The van der Waals surface area contributed by atoms with Crippen LogP contribution in [0.1, 0.15) is 36.3 Å². The average Bonchev–Trinajstić information content (AvgIpc) is 3.51. The lowest BCUT2D eigenvalue weighted by molar-refractivity contribution is -0.136. The standard InChI is InChI=1S/C25H28BN3O2/c26-19-5-3-4-16(11-19)10-17-13-27-14-18(17)15-29(20-8-9-20)25(31)22-12-24(30)28-23-7-2-1-6-21(22)23/h1-7,11,17-18,20,22,27H,8-10,12-15H2,(H,28,30)/t17-,18+,22?/m1/s1. The summed E-state index contributed by atoms with van der Waals surface area (Å²) < 4.78 is 0. The molecule has 0 aromatic heterocycles. The number of para-hydroxylation sites is 1. The Hall–Kier alpha value is -2.60. The van der Waals surface area contributed by atoms with Gasteiger partial charge in [0.1, 0.15) is 7.85 Å². The highest BCUT2D eigenvalue weighted by molar-refractivity contribution is 6.32. The fourth-order valence-corrected chi connectivity index (χ4v) is 5.15. The van der Waals surface area contributed by atoms with Crippen LogP contribution in [0.25, 0.3) is 0 Å². The van der Waals surface area contributed by atoms with Crippen LogP contribution >= 0.6 is 0 Å². The Labute approximate surface area is 185 Å². The number of anilines is 1. The second-order valence-electron chi connectivity index (χ2n) is 9.24. The van der Waals surface area contributed by atoms with Gasteiger partial charge in [-0.3, -0.25) is 9.59 Å².